The average molecular weight is 437 g/mol. The number of rotatable bonds is 7. The van der Waals surface area contributed by atoms with Gasteiger partial charge in [0.15, 0.2) is 5.13 Å². The molecule has 1 aliphatic rings. The molecule has 0 radical (unpaired) electrons. The summed E-state index contributed by atoms with van der Waals surface area (Å²) < 4.78 is 5.34. The number of methoxy groups -OCH3 is 1. The zero-order chi connectivity index (χ0) is 21.6. The SMILES string of the molecule is CCc1ccc(CNC(=O)c2csc(N3CCN(c4cccc(OC)c4)CC3)n2)cc1. The standard InChI is InChI=1S/C24H28N4O2S/c1-3-18-7-9-19(10-8-18)16-25-23(29)22-17-31-24(26-22)28-13-11-27(12-14-28)20-5-4-6-21(15-20)30-2/h4-10,15,17H,3,11-14,16H2,1-2H3,(H,25,29). The first-order valence-corrected chi connectivity index (χ1v) is 11.5. The van der Waals surface area contributed by atoms with E-state index in [-0.39, 0.29) is 5.91 Å². The van der Waals surface area contributed by atoms with Gasteiger partial charge in [-0.3, -0.25) is 4.79 Å². The molecule has 1 fully saturated rings. The second-order valence-corrected chi connectivity index (χ2v) is 8.38. The molecule has 2 heterocycles. The summed E-state index contributed by atoms with van der Waals surface area (Å²) in [5.41, 5.74) is 4.05. The first-order chi connectivity index (χ1) is 15.2. The second kappa shape index (κ2) is 9.83. The highest BCUT2D eigenvalue weighted by Crippen LogP contribution is 2.25. The van der Waals surface area contributed by atoms with Crippen LogP contribution in [0.25, 0.3) is 0 Å². The summed E-state index contributed by atoms with van der Waals surface area (Å²) in [4.78, 5) is 21.7. The van der Waals surface area contributed by atoms with Gasteiger partial charge in [0.25, 0.3) is 5.91 Å². The highest BCUT2D eigenvalue weighted by atomic mass is 32.1. The molecule has 0 bridgehead atoms. The molecule has 162 valence electrons. The van der Waals surface area contributed by atoms with E-state index in [1.807, 2.05) is 17.5 Å². The minimum Gasteiger partial charge on any atom is -0.497 e. The summed E-state index contributed by atoms with van der Waals surface area (Å²) in [7, 11) is 1.69. The van der Waals surface area contributed by atoms with Crippen molar-refractivity contribution in [2.75, 3.05) is 43.1 Å². The first-order valence-electron chi connectivity index (χ1n) is 10.6. The highest BCUT2D eigenvalue weighted by molar-refractivity contribution is 7.13. The van der Waals surface area contributed by atoms with Crippen molar-refractivity contribution in [2.45, 2.75) is 19.9 Å². The largest absolute Gasteiger partial charge is 0.497 e. The van der Waals surface area contributed by atoms with Gasteiger partial charge >= 0.3 is 0 Å². The van der Waals surface area contributed by atoms with E-state index >= 15 is 0 Å². The molecule has 1 amide bonds. The molecule has 31 heavy (non-hydrogen) atoms. The van der Waals surface area contributed by atoms with Gasteiger partial charge in [0, 0.05) is 49.9 Å². The number of nitrogens with zero attached hydrogens (tertiary/aromatic N) is 3. The van der Waals surface area contributed by atoms with Crippen molar-refractivity contribution in [1.82, 2.24) is 10.3 Å². The zero-order valence-corrected chi connectivity index (χ0v) is 18.8. The summed E-state index contributed by atoms with van der Waals surface area (Å²) in [5, 5.41) is 5.73. The van der Waals surface area contributed by atoms with E-state index in [4.69, 9.17) is 4.74 Å². The smallest absolute Gasteiger partial charge is 0.271 e. The minimum atomic E-state index is -0.128. The number of carbonyl (C=O) groups excluding carboxylic acids is 1. The van der Waals surface area contributed by atoms with Crippen LogP contribution in [0.1, 0.15) is 28.5 Å². The van der Waals surface area contributed by atoms with Gasteiger partial charge in [-0.05, 0) is 29.7 Å². The fraction of sp³-hybridized carbons (Fsp3) is 0.333. The molecule has 0 aliphatic carbocycles. The quantitative estimate of drug-likeness (QED) is 0.607. The van der Waals surface area contributed by atoms with Crippen LogP contribution in [0, 0.1) is 0 Å². The van der Waals surface area contributed by atoms with E-state index in [1.54, 1.807) is 7.11 Å². The predicted molar refractivity (Wildman–Crippen MR) is 127 cm³/mol. The summed E-state index contributed by atoms with van der Waals surface area (Å²) >= 11 is 1.53. The Hall–Kier alpha value is -3.06. The predicted octanol–water partition coefficient (Wildman–Crippen LogP) is 3.97. The van der Waals surface area contributed by atoms with Crippen LogP contribution in [0.2, 0.25) is 0 Å². The lowest BCUT2D eigenvalue weighted by Crippen LogP contribution is -2.46. The van der Waals surface area contributed by atoms with Gasteiger partial charge in [0.1, 0.15) is 11.4 Å². The Morgan fingerprint density at radius 3 is 2.48 bits per heavy atom. The second-order valence-electron chi connectivity index (χ2n) is 7.54. The van der Waals surface area contributed by atoms with Crippen LogP contribution in [0.15, 0.2) is 53.9 Å². The average Bonchev–Trinajstić information content (AvgIpc) is 3.33. The Bertz CT molecular complexity index is 1010. The van der Waals surface area contributed by atoms with Gasteiger partial charge in [-0.2, -0.15) is 0 Å². The molecular weight excluding hydrogens is 408 g/mol. The van der Waals surface area contributed by atoms with Crippen LogP contribution >= 0.6 is 11.3 Å². The molecule has 1 saturated heterocycles. The molecule has 1 aromatic heterocycles. The van der Waals surface area contributed by atoms with Crippen LogP contribution < -0.4 is 19.9 Å². The lowest BCUT2D eigenvalue weighted by molar-refractivity contribution is 0.0946. The molecule has 0 spiro atoms. The van der Waals surface area contributed by atoms with Crippen molar-refractivity contribution in [3.8, 4) is 5.75 Å². The Labute approximate surface area is 187 Å². The molecule has 1 N–H and O–H groups in total. The van der Waals surface area contributed by atoms with Crippen molar-refractivity contribution in [3.05, 3.63) is 70.7 Å². The van der Waals surface area contributed by atoms with E-state index in [0.29, 0.717) is 12.2 Å². The van der Waals surface area contributed by atoms with Gasteiger partial charge in [-0.25, -0.2) is 4.98 Å². The maximum atomic E-state index is 12.5. The number of aromatic nitrogens is 1. The number of hydrogen-bond donors (Lipinski definition) is 1. The fourth-order valence-corrected chi connectivity index (χ4v) is 4.50. The molecule has 2 aromatic carbocycles. The van der Waals surface area contributed by atoms with Gasteiger partial charge in [-0.15, -0.1) is 11.3 Å². The summed E-state index contributed by atoms with van der Waals surface area (Å²) in [6.45, 7) is 6.19. The van der Waals surface area contributed by atoms with E-state index in [9.17, 15) is 4.79 Å². The number of anilines is 2. The third-order valence-electron chi connectivity index (χ3n) is 5.58. The van der Waals surface area contributed by atoms with Crippen LogP contribution in [0.4, 0.5) is 10.8 Å². The Balaban J connectivity index is 1.30. The summed E-state index contributed by atoms with van der Waals surface area (Å²) in [6, 6.07) is 16.5. The highest BCUT2D eigenvalue weighted by Gasteiger charge is 2.21. The lowest BCUT2D eigenvalue weighted by Gasteiger charge is -2.36. The Kier molecular flexibility index (Phi) is 6.72. The maximum Gasteiger partial charge on any atom is 0.271 e. The number of nitrogens with one attached hydrogen (secondary N) is 1. The number of piperazine rings is 1. The van der Waals surface area contributed by atoms with E-state index in [1.165, 1.54) is 22.6 Å². The minimum absolute atomic E-state index is 0.128. The number of hydrogen-bond acceptors (Lipinski definition) is 6. The Morgan fingerprint density at radius 1 is 1.06 bits per heavy atom. The third-order valence-corrected chi connectivity index (χ3v) is 6.48. The van der Waals surface area contributed by atoms with Crippen molar-refractivity contribution in [2.24, 2.45) is 0 Å². The Morgan fingerprint density at radius 2 is 1.77 bits per heavy atom. The molecule has 0 saturated carbocycles. The van der Waals surface area contributed by atoms with E-state index in [2.05, 4.69) is 63.4 Å². The molecule has 7 heteroatoms. The van der Waals surface area contributed by atoms with Crippen LogP contribution in [-0.4, -0.2) is 44.2 Å². The molecule has 3 aromatic rings. The van der Waals surface area contributed by atoms with Crippen molar-refractivity contribution < 1.29 is 9.53 Å². The lowest BCUT2D eigenvalue weighted by atomic mass is 10.1. The topological polar surface area (TPSA) is 57.7 Å². The van der Waals surface area contributed by atoms with Crippen LogP contribution in [0.3, 0.4) is 0 Å². The molecule has 0 atom stereocenters. The number of benzene rings is 2. The van der Waals surface area contributed by atoms with E-state index < -0.39 is 0 Å². The summed E-state index contributed by atoms with van der Waals surface area (Å²) in [5.74, 6) is 0.744. The van der Waals surface area contributed by atoms with E-state index in [0.717, 1.165) is 49.0 Å². The van der Waals surface area contributed by atoms with Crippen molar-refractivity contribution >= 4 is 28.1 Å². The zero-order valence-electron chi connectivity index (χ0n) is 18.0. The number of thiazole rings is 1. The first kappa shape index (κ1) is 21.2. The fourth-order valence-electron chi connectivity index (χ4n) is 3.64. The van der Waals surface area contributed by atoms with Crippen molar-refractivity contribution in [1.29, 1.82) is 0 Å². The monoisotopic (exact) mass is 436 g/mol. The van der Waals surface area contributed by atoms with Crippen LogP contribution in [0.5, 0.6) is 5.75 Å². The number of carbonyl (C=O) groups is 1. The van der Waals surface area contributed by atoms with Gasteiger partial charge in [-0.1, -0.05) is 37.3 Å². The third kappa shape index (κ3) is 5.17. The molecule has 1 aliphatic heterocycles. The van der Waals surface area contributed by atoms with Crippen molar-refractivity contribution in [3.63, 3.8) is 0 Å². The number of ether oxygens (including phenoxy) is 1. The number of amides is 1. The molecule has 6 nitrogen and oxygen atoms in total. The van der Waals surface area contributed by atoms with Gasteiger partial charge in [0.05, 0.1) is 7.11 Å². The number of aryl methyl sites for hydroxylation is 1. The molecular formula is C24H28N4O2S. The summed E-state index contributed by atoms with van der Waals surface area (Å²) in [6.07, 6.45) is 1.02. The normalized spacial score (nSPS) is 13.9. The molecule has 0 unspecified atom stereocenters. The maximum absolute atomic E-state index is 12.5. The molecule has 4 rings (SSSR count). The van der Waals surface area contributed by atoms with Gasteiger partial charge < -0.3 is 19.9 Å². The van der Waals surface area contributed by atoms with Crippen LogP contribution in [-0.2, 0) is 13.0 Å². The van der Waals surface area contributed by atoms with Gasteiger partial charge in [0.2, 0.25) is 0 Å².